The third-order valence-electron chi connectivity index (χ3n) is 5.59. The maximum absolute atomic E-state index is 13.3. The second-order valence-electron chi connectivity index (χ2n) is 7.28. The van der Waals surface area contributed by atoms with Gasteiger partial charge in [-0.15, -0.1) is 0 Å². The number of hydrogen-bond acceptors (Lipinski definition) is 1. The van der Waals surface area contributed by atoms with Gasteiger partial charge < -0.3 is 4.74 Å². The summed E-state index contributed by atoms with van der Waals surface area (Å²) >= 11 is 3.45. The predicted octanol–water partition coefficient (Wildman–Crippen LogP) is 5.18. The monoisotopic (exact) mass is 338 g/mol. The minimum absolute atomic E-state index is 0.228. The van der Waals surface area contributed by atoms with Crippen LogP contribution in [0.3, 0.4) is 0 Å². The molecule has 3 heteroatoms. The maximum atomic E-state index is 13.3. The van der Waals surface area contributed by atoms with Crippen molar-refractivity contribution in [2.45, 2.75) is 38.5 Å². The molecule has 4 bridgehead atoms. The molecule has 0 spiro atoms. The molecule has 4 aliphatic carbocycles. The Bertz CT molecular complexity index is 492. The van der Waals surface area contributed by atoms with Gasteiger partial charge in [-0.25, -0.2) is 4.39 Å². The Labute approximate surface area is 128 Å². The minimum atomic E-state index is -0.228. The molecule has 0 saturated heterocycles. The summed E-state index contributed by atoms with van der Waals surface area (Å²) < 4.78 is 20.2. The van der Waals surface area contributed by atoms with Crippen molar-refractivity contribution in [2.75, 3.05) is 6.61 Å². The first kappa shape index (κ1) is 13.1. The summed E-state index contributed by atoms with van der Waals surface area (Å²) in [4.78, 5) is 0. The topological polar surface area (TPSA) is 9.23 Å². The Morgan fingerprint density at radius 1 is 1.10 bits per heavy atom. The fraction of sp³-hybridized carbons (Fsp3) is 0.647. The number of halogens is 2. The summed E-state index contributed by atoms with van der Waals surface area (Å²) in [5.41, 5.74) is 0.376. The summed E-state index contributed by atoms with van der Waals surface area (Å²) in [6.07, 6.45) is 8.32. The molecule has 0 heterocycles. The van der Waals surface area contributed by atoms with Gasteiger partial charge in [0.05, 0.1) is 11.1 Å². The normalized spacial score (nSPS) is 38.2. The first-order valence-corrected chi connectivity index (χ1v) is 8.49. The van der Waals surface area contributed by atoms with Crippen LogP contribution < -0.4 is 4.74 Å². The number of hydrogen-bond donors (Lipinski definition) is 0. The van der Waals surface area contributed by atoms with E-state index in [0.717, 1.165) is 28.8 Å². The molecular weight excluding hydrogens is 319 g/mol. The molecule has 4 aliphatic rings. The number of benzene rings is 1. The van der Waals surface area contributed by atoms with E-state index in [1.54, 1.807) is 6.07 Å². The summed E-state index contributed by atoms with van der Waals surface area (Å²) in [7, 11) is 0. The molecule has 5 rings (SSSR count). The minimum Gasteiger partial charge on any atom is -0.492 e. The maximum Gasteiger partial charge on any atom is 0.136 e. The van der Waals surface area contributed by atoms with E-state index in [1.165, 1.54) is 50.7 Å². The molecule has 4 saturated carbocycles. The first-order chi connectivity index (χ1) is 9.62. The van der Waals surface area contributed by atoms with Gasteiger partial charge in [-0.1, -0.05) is 0 Å². The van der Waals surface area contributed by atoms with Gasteiger partial charge in [0, 0.05) is 11.5 Å². The average molecular weight is 339 g/mol. The van der Waals surface area contributed by atoms with E-state index in [0.29, 0.717) is 11.2 Å². The third kappa shape index (κ3) is 2.28. The molecule has 0 amide bonds. The van der Waals surface area contributed by atoms with Gasteiger partial charge in [0.25, 0.3) is 0 Å². The van der Waals surface area contributed by atoms with Crippen molar-refractivity contribution >= 4 is 15.9 Å². The van der Waals surface area contributed by atoms with Crippen molar-refractivity contribution in [2.24, 2.45) is 23.2 Å². The van der Waals surface area contributed by atoms with Crippen LogP contribution >= 0.6 is 15.9 Å². The van der Waals surface area contributed by atoms with Crippen LogP contribution in [0.25, 0.3) is 0 Å². The standard InChI is InChI=1S/C17H20BrFO/c18-15-2-1-14(19)6-16(15)20-10-17-7-11-3-12(8-17)5-13(4-11)9-17/h1-2,6,11-13H,3-5,7-10H2. The Kier molecular flexibility index (Phi) is 3.10. The van der Waals surface area contributed by atoms with Gasteiger partial charge in [-0.3, -0.25) is 0 Å². The largest absolute Gasteiger partial charge is 0.492 e. The molecule has 108 valence electrons. The lowest BCUT2D eigenvalue weighted by Gasteiger charge is -2.56. The van der Waals surface area contributed by atoms with E-state index in [4.69, 9.17) is 4.74 Å². The zero-order chi connectivity index (χ0) is 13.7. The lowest BCUT2D eigenvalue weighted by molar-refractivity contribution is -0.0746. The molecule has 20 heavy (non-hydrogen) atoms. The van der Waals surface area contributed by atoms with Crippen LogP contribution in [0.5, 0.6) is 5.75 Å². The molecule has 0 radical (unpaired) electrons. The molecule has 1 aromatic carbocycles. The smallest absolute Gasteiger partial charge is 0.136 e. The van der Waals surface area contributed by atoms with Crippen molar-refractivity contribution < 1.29 is 9.13 Å². The van der Waals surface area contributed by atoms with Gasteiger partial charge in [-0.2, -0.15) is 0 Å². The Balaban J connectivity index is 1.50. The van der Waals surface area contributed by atoms with Gasteiger partial charge in [0.15, 0.2) is 0 Å². The van der Waals surface area contributed by atoms with Gasteiger partial charge in [0.2, 0.25) is 0 Å². The summed E-state index contributed by atoms with van der Waals surface area (Å²) in [6, 6.07) is 4.68. The summed E-state index contributed by atoms with van der Waals surface area (Å²) in [5, 5.41) is 0. The quantitative estimate of drug-likeness (QED) is 0.737. The summed E-state index contributed by atoms with van der Waals surface area (Å²) in [5.74, 6) is 3.22. The summed E-state index contributed by atoms with van der Waals surface area (Å²) in [6.45, 7) is 0.762. The van der Waals surface area contributed by atoms with Crippen LogP contribution in [-0.4, -0.2) is 6.61 Å². The molecule has 0 aromatic heterocycles. The Morgan fingerprint density at radius 3 is 2.30 bits per heavy atom. The van der Waals surface area contributed by atoms with E-state index in [2.05, 4.69) is 15.9 Å². The highest BCUT2D eigenvalue weighted by Crippen LogP contribution is 2.60. The zero-order valence-electron chi connectivity index (χ0n) is 11.6. The van der Waals surface area contributed by atoms with E-state index in [-0.39, 0.29) is 5.82 Å². The highest BCUT2D eigenvalue weighted by molar-refractivity contribution is 9.10. The fourth-order valence-electron chi connectivity index (χ4n) is 5.29. The van der Waals surface area contributed by atoms with Crippen LogP contribution in [0, 0.1) is 29.0 Å². The number of rotatable bonds is 3. The van der Waals surface area contributed by atoms with Crippen molar-refractivity contribution in [1.29, 1.82) is 0 Å². The molecule has 0 unspecified atom stereocenters. The van der Waals surface area contributed by atoms with E-state index in [9.17, 15) is 4.39 Å². The third-order valence-corrected chi connectivity index (χ3v) is 6.25. The van der Waals surface area contributed by atoms with Crippen molar-refractivity contribution in [3.63, 3.8) is 0 Å². The van der Waals surface area contributed by atoms with Crippen molar-refractivity contribution in [3.05, 3.63) is 28.5 Å². The molecule has 0 atom stereocenters. The highest BCUT2D eigenvalue weighted by atomic mass is 79.9. The van der Waals surface area contributed by atoms with Crippen LogP contribution in [0.2, 0.25) is 0 Å². The van der Waals surface area contributed by atoms with Gasteiger partial charge >= 0.3 is 0 Å². The van der Waals surface area contributed by atoms with Crippen LogP contribution in [0.4, 0.5) is 4.39 Å². The molecular formula is C17H20BrFO. The van der Waals surface area contributed by atoms with Crippen LogP contribution in [-0.2, 0) is 0 Å². The van der Waals surface area contributed by atoms with Crippen LogP contribution in [0.15, 0.2) is 22.7 Å². The second kappa shape index (κ2) is 4.72. The van der Waals surface area contributed by atoms with Crippen molar-refractivity contribution in [3.8, 4) is 5.75 Å². The first-order valence-electron chi connectivity index (χ1n) is 7.70. The van der Waals surface area contributed by atoms with Crippen molar-refractivity contribution in [1.82, 2.24) is 0 Å². The molecule has 1 aromatic rings. The lowest BCUT2D eigenvalue weighted by Crippen LogP contribution is -2.48. The molecule has 4 fully saturated rings. The van der Waals surface area contributed by atoms with E-state index in [1.807, 2.05) is 0 Å². The Morgan fingerprint density at radius 2 is 1.70 bits per heavy atom. The lowest BCUT2D eigenvalue weighted by atomic mass is 9.50. The molecule has 1 nitrogen and oxygen atoms in total. The van der Waals surface area contributed by atoms with Gasteiger partial charge in [0.1, 0.15) is 11.6 Å². The van der Waals surface area contributed by atoms with E-state index >= 15 is 0 Å². The Hall–Kier alpha value is -0.570. The average Bonchev–Trinajstić information content (AvgIpc) is 2.38. The van der Waals surface area contributed by atoms with E-state index < -0.39 is 0 Å². The highest BCUT2D eigenvalue weighted by Gasteiger charge is 2.51. The predicted molar refractivity (Wildman–Crippen MR) is 80.2 cm³/mol. The number of ether oxygens (including phenoxy) is 1. The fourth-order valence-corrected chi connectivity index (χ4v) is 5.65. The zero-order valence-corrected chi connectivity index (χ0v) is 13.2. The van der Waals surface area contributed by atoms with Gasteiger partial charge in [-0.05, 0) is 84.3 Å². The SMILES string of the molecule is Fc1ccc(Br)c(OCC23CC4CC(CC(C4)C2)C3)c1. The molecule has 0 aliphatic heterocycles. The molecule has 0 N–H and O–H groups in total. The second-order valence-corrected chi connectivity index (χ2v) is 8.14. The van der Waals surface area contributed by atoms with Crippen LogP contribution in [0.1, 0.15) is 38.5 Å².